The Labute approximate surface area is 236 Å². The van der Waals surface area contributed by atoms with Crippen LogP contribution in [0.3, 0.4) is 0 Å². The SMILES string of the molecule is C=CC=CC1=CC(=O)c2ccc3c(=c4sc5ccc6c7c(ccc4c57)C(=O)c4ccccc4-6)sc4ccc1c2c43. The van der Waals surface area contributed by atoms with E-state index in [0.29, 0.717) is 0 Å². The first-order chi connectivity index (χ1) is 19.6. The van der Waals surface area contributed by atoms with Gasteiger partial charge < -0.3 is 0 Å². The second-order valence-electron chi connectivity index (χ2n) is 10.3. The van der Waals surface area contributed by atoms with Crippen molar-refractivity contribution in [2.24, 2.45) is 0 Å². The van der Waals surface area contributed by atoms with Crippen LogP contribution in [0.15, 0.2) is 104 Å². The van der Waals surface area contributed by atoms with Crippen LogP contribution in [0.5, 0.6) is 0 Å². The van der Waals surface area contributed by atoms with Gasteiger partial charge in [0.25, 0.3) is 0 Å². The number of ketones is 2. The average molecular weight is 547 g/mol. The second kappa shape index (κ2) is 7.72. The fourth-order valence-electron chi connectivity index (χ4n) is 6.67. The van der Waals surface area contributed by atoms with Gasteiger partial charge in [0.2, 0.25) is 0 Å². The lowest BCUT2D eigenvalue weighted by Crippen LogP contribution is -2.09. The minimum absolute atomic E-state index is 0.0397. The number of carbonyl (C=O) groups is 2. The van der Waals surface area contributed by atoms with Crippen molar-refractivity contribution in [3.8, 4) is 11.1 Å². The summed E-state index contributed by atoms with van der Waals surface area (Å²) >= 11 is 3.57. The van der Waals surface area contributed by atoms with Crippen molar-refractivity contribution in [1.29, 1.82) is 0 Å². The summed E-state index contributed by atoms with van der Waals surface area (Å²) in [6, 6.07) is 24.9. The maximum atomic E-state index is 13.5. The van der Waals surface area contributed by atoms with Crippen molar-refractivity contribution in [3.05, 3.63) is 135 Å². The van der Waals surface area contributed by atoms with Gasteiger partial charge in [0, 0.05) is 58.4 Å². The number of hydrogen-bond donors (Lipinski definition) is 0. The number of benzene rings is 5. The summed E-state index contributed by atoms with van der Waals surface area (Å²) in [4.78, 5) is 26.6. The van der Waals surface area contributed by atoms with Crippen molar-refractivity contribution in [2.45, 2.75) is 0 Å². The van der Waals surface area contributed by atoms with Crippen LogP contribution in [-0.4, -0.2) is 11.6 Å². The number of carbonyl (C=O) groups excluding carboxylic acids is 2. The molecule has 2 aliphatic carbocycles. The molecule has 0 amide bonds. The van der Waals surface area contributed by atoms with E-state index in [1.807, 2.05) is 42.5 Å². The average Bonchev–Trinajstić information content (AvgIpc) is 3.55. The number of thiophene rings is 2. The van der Waals surface area contributed by atoms with Crippen molar-refractivity contribution in [2.75, 3.05) is 0 Å². The molecule has 0 radical (unpaired) electrons. The fraction of sp³-hybridized carbons (Fsp3) is 0. The predicted molar refractivity (Wildman–Crippen MR) is 168 cm³/mol. The van der Waals surface area contributed by atoms with Crippen LogP contribution in [0.25, 0.3) is 58.4 Å². The van der Waals surface area contributed by atoms with Crippen molar-refractivity contribution in [3.63, 3.8) is 0 Å². The molecule has 186 valence electrons. The Bertz CT molecular complexity index is 2480. The van der Waals surface area contributed by atoms with E-state index >= 15 is 0 Å². The Morgan fingerprint density at radius 1 is 0.575 bits per heavy atom. The van der Waals surface area contributed by atoms with Gasteiger partial charge >= 0.3 is 0 Å². The Hall–Kier alpha value is -4.64. The van der Waals surface area contributed by atoms with Crippen LogP contribution in [-0.2, 0) is 0 Å². The normalized spacial score (nSPS) is 15.2. The number of rotatable bonds is 2. The highest BCUT2D eigenvalue weighted by molar-refractivity contribution is 7.22. The number of allylic oxidation sites excluding steroid dienone is 5. The quantitative estimate of drug-likeness (QED) is 0.202. The molecule has 40 heavy (non-hydrogen) atoms. The lowest BCUT2D eigenvalue weighted by Gasteiger charge is -2.19. The largest absolute Gasteiger partial charge is 0.289 e. The summed E-state index contributed by atoms with van der Waals surface area (Å²) in [6.07, 6.45) is 7.30. The van der Waals surface area contributed by atoms with Gasteiger partial charge in [-0.25, -0.2) is 0 Å². The summed E-state index contributed by atoms with van der Waals surface area (Å²) in [5.74, 6) is 0.136. The van der Waals surface area contributed by atoms with Crippen LogP contribution < -0.4 is 0 Å². The highest BCUT2D eigenvalue weighted by Crippen LogP contribution is 2.47. The zero-order valence-electron chi connectivity index (χ0n) is 21.1. The summed E-state index contributed by atoms with van der Waals surface area (Å²) in [7, 11) is 0. The second-order valence-corrected chi connectivity index (χ2v) is 12.4. The Kier molecular flexibility index (Phi) is 4.29. The van der Waals surface area contributed by atoms with E-state index in [1.165, 1.54) is 34.6 Å². The standard InChI is InChI=1S/C36H18O2S2/c1-2-3-6-18-17-27(37)23-9-11-25-32-28(15-13-19(18)30(23)32)39-35(25)36-26-12-10-24-31-21(14-16-29(40-36)33(26)31)20-7-4-5-8-22(20)34(24)38/h2-17H,1H2. The van der Waals surface area contributed by atoms with Gasteiger partial charge in [-0.2, -0.15) is 0 Å². The molecule has 0 saturated carbocycles. The van der Waals surface area contributed by atoms with Crippen LogP contribution >= 0.6 is 22.7 Å². The van der Waals surface area contributed by atoms with Crippen LogP contribution in [0.1, 0.15) is 31.8 Å². The van der Waals surface area contributed by atoms with Gasteiger partial charge in [-0.3, -0.25) is 9.59 Å². The Morgan fingerprint density at radius 3 is 1.88 bits per heavy atom. The molecule has 0 saturated heterocycles. The first-order valence-electron chi connectivity index (χ1n) is 13.1. The molecule has 4 heteroatoms. The summed E-state index contributed by atoms with van der Waals surface area (Å²) in [5, 5.41) is 6.78. The third-order valence-electron chi connectivity index (χ3n) is 8.35. The molecule has 0 fully saturated rings. The molecule has 2 aromatic heterocycles. The summed E-state index contributed by atoms with van der Waals surface area (Å²) < 4.78 is 4.79. The van der Waals surface area contributed by atoms with Crippen LogP contribution in [0.4, 0.5) is 0 Å². The molecule has 7 aromatic rings. The maximum absolute atomic E-state index is 13.5. The molecule has 0 bridgehead atoms. The molecule has 0 unspecified atom stereocenters. The monoisotopic (exact) mass is 546 g/mol. The molecular formula is C36H18O2S2. The topological polar surface area (TPSA) is 34.1 Å². The third-order valence-corrected chi connectivity index (χ3v) is 10.9. The van der Waals surface area contributed by atoms with Crippen molar-refractivity contribution < 1.29 is 9.59 Å². The molecular weight excluding hydrogens is 529 g/mol. The van der Waals surface area contributed by atoms with Crippen LogP contribution in [0.2, 0.25) is 0 Å². The van der Waals surface area contributed by atoms with Crippen molar-refractivity contribution in [1.82, 2.24) is 0 Å². The van der Waals surface area contributed by atoms with E-state index in [1.54, 1.807) is 34.8 Å². The third kappa shape index (κ3) is 2.67. The van der Waals surface area contributed by atoms with E-state index in [4.69, 9.17) is 0 Å². The number of hydrogen-bond acceptors (Lipinski definition) is 4. The molecule has 9 rings (SSSR count). The molecule has 0 spiro atoms. The molecule has 2 heterocycles. The van der Waals surface area contributed by atoms with E-state index in [2.05, 4.69) is 49.0 Å². The smallest absolute Gasteiger partial charge is 0.194 e. The van der Waals surface area contributed by atoms with E-state index in [0.717, 1.165) is 55.1 Å². The van der Waals surface area contributed by atoms with Gasteiger partial charge in [0.15, 0.2) is 11.6 Å². The minimum atomic E-state index is 0.0397. The van der Waals surface area contributed by atoms with Gasteiger partial charge in [-0.1, -0.05) is 73.3 Å². The minimum Gasteiger partial charge on any atom is -0.289 e. The molecule has 0 atom stereocenters. The molecule has 0 aliphatic heterocycles. The first kappa shape index (κ1) is 22.2. The van der Waals surface area contributed by atoms with Crippen molar-refractivity contribution >= 4 is 81.5 Å². The van der Waals surface area contributed by atoms with Crippen LogP contribution in [0, 0.1) is 9.06 Å². The van der Waals surface area contributed by atoms with Gasteiger partial charge in [-0.15, -0.1) is 22.7 Å². The lowest BCUT2D eigenvalue weighted by molar-refractivity contribution is 0.103. The van der Waals surface area contributed by atoms with E-state index in [9.17, 15) is 9.59 Å². The van der Waals surface area contributed by atoms with E-state index < -0.39 is 0 Å². The predicted octanol–water partition coefficient (Wildman–Crippen LogP) is 9.68. The first-order valence-corrected chi connectivity index (χ1v) is 14.8. The maximum Gasteiger partial charge on any atom is 0.194 e. The van der Waals surface area contributed by atoms with Gasteiger partial charge in [0.05, 0.1) is 9.06 Å². The molecule has 2 aliphatic rings. The molecule has 5 aromatic carbocycles. The summed E-state index contributed by atoms with van der Waals surface area (Å²) in [5.41, 5.74) is 6.45. The molecule has 0 N–H and O–H groups in total. The number of fused-ring (bicyclic) bond motifs is 2. The van der Waals surface area contributed by atoms with E-state index in [-0.39, 0.29) is 11.6 Å². The Morgan fingerprint density at radius 2 is 1.18 bits per heavy atom. The zero-order valence-corrected chi connectivity index (χ0v) is 22.7. The van der Waals surface area contributed by atoms with Gasteiger partial charge in [0.1, 0.15) is 0 Å². The molecule has 2 nitrogen and oxygen atoms in total. The highest BCUT2D eigenvalue weighted by atomic mass is 32.1. The fourth-order valence-corrected chi connectivity index (χ4v) is 9.23. The van der Waals surface area contributed by atoms with Gasteiger partial charge in [-0.05, 0) is 52.6 Å². The zero-order chi connectivity index (χ0) is 26.7. The Balaban J connectivity index is 1.44. The highest BCUT2D eigenvalue weighted by Gasteiger charge is 2.27. The summed E-state index contributed by atoms with van der Waals surface area (Å²) in [6.45, 7) is 3.79. The lowest BCUT2D eigenvalue weighted by atomic mass is 9.82.